The number of nitrogens with two attached hydrogens (primary N) is 1. The Kier molecular flexibility index (Phi) is 4.62. The molecule has 102 valence electrons. The summed E-state index contributed by atoms with van der Waals surface area (Å²) in [4.78, 5) is 0. The first kappa shape index (κ1) is 14.4. The van der Waals surface area contributed by atoms with Gasteiger partial charge >= 0.3 is 0 Å². The molecular formula is C16H15ClN2O. The van der Waals surface area contributed by atoms with Gasteiger partial charge in [-0.05, 0) is 42.3 Å². The van der Waals surface area contributed by atoms with Crippen molar-refractivity contribution < 1.29 is 4.74 Å². The second-order valence-electron chi connectivity index (χ2n) is 4.46. The fraction of sp³-hybridized carbons (Fsp3) is 0.188. The number of hydrogen-bond donors (Lipinski definition) is 1. The number of rotatable bonds is 4. The standard InChI is InChI=1S/C16H15ClN2O/c1-11-7-12(8-18)5-6-13(11)10-20-16-4-2-3-15(17)14(16)9-19/h2-7H,9-10,19H2,1H3. The summed E-state index contributed by atoms with van der Waals surface area (Å²) in [5.74, 6) is 0.698. The molecule has 0 amide bonds. The van der Waals surface area contributed by atoms with Gasteiger partial charge in [-0.25, -0.2) is 0 Å². The molecule has 4 heteroatoms. The van der Waals surface area contributed by atoms with Crippen LogP contribution in [0.4, 0.5) is 0 Å². The second kappa shape index (κ2) is 6.42. The van der Waals surface area contributed by atoms with E-state index in [9.17, 15) is 0 Å². The summed E-state index contributed by atoms with van der Waals surface area (Å²) in [6.07, 6.45) is 0. The Balaban J connectivity index is 2.17. The lowest BCUT2D eigenvalue weighted by Crippen LogP contribution is -2.04. The van der Waals surface area contributed by atoms with E-state index in [4.69, 9.17) is 27.3 Å². The van der Waals surface area contributed by atoms with Crippen molar-refractivity contribution in [2.75, 3.05) is 0 Å². The number of aryl methyl sites for hydroxylation is 1. The van der Waals surface area contributed by atoms with Crippen molar-refractivity contribution in [1.29, 1.82) is 5.26 Å². The van der Waals surface area contributed by atoms with E-state index in [0.29, 0.717) is 29.5 Å². The van der Waals surface area contributed by atoms with E-state index in [-0.39, 0.29) is 0 Å². The normalized spacial score (nSPS) is 10.1. The van der Waals surface area contributed by atoms with Gasteiger partial charge in [0.2, 0.25) is 0 Å². The summed E-state index contributed by atoms with van der Waals surface area (Å²) in [6.45, 7) is 2.72. The molecule has 0 bridgehead atoms. The van der Waals surface area contributed by atoms with Gasteiger partial charge in [0.15, 0.2) is 0 Å². The van der Waals surface area contributed by atoms with Crippen LogP contribution >= 0.6 is 11.6 Å². The van der Waals surface area contributed by atoms with E-state index in [1.165, 1.54) is 0 Å². The van der Waals surface area contributed by atoms with Gasteiger partial charge in [-0.15, -0.1) is 0 Å². The molecule has 20 heavy (non-hydrogen) atoms. The molecule has 0 aliphatic heterocycles. The zero-order chi connectivity index (χ0) is 14.5. The predicted octanol–water partition coefficient (Wildman–Crippen LogP) is 3.56. The maximum absolute atomic E-state index is 8.85. The van der Waals surface area contributed by atoms with Gasteiger partial charge in [0, 0.05) is 17.1 Å². The summed E-state index contributed by atoms with van der Waals surface area (Å²) in [5.41, 5.74) is 9.21. The van der Waals surface area contributed by atoms with E-state index in [1.54, 1.807) is 12.1 Å². The number of benzene rings is 2. The van der Waals surface area contributed by atoms with Crippen LogP contribution in [0.3, 0.4) is 0 Å². The summed E-state index contributed by atoms with van der Waals surface area (Å²) in [5, 5.41) is 9.46. The first-order chi connectivity index (χ1) is 9.65. The van der Waals surface area contributed by atoms with Crippen molar-refractivity contribution in [3.8, 4) is 11.8 Å². The molecule has 0 aromatic heterocycles. The van der Waals surface area contributed by atoms with Gasteiger partial charge in [-0.1, -0.05) is 23.7 Å². The lowest BCUT2D eigenvalue weighted by Gasteiger charge is -2.13. The van der Waals surface area contributed by atoms with Crippen molar-refractivity contribution in [2.45, 2.75) is 20.1 Å². The fourth-order valence-electron chi connectivity index (χ4n) is 1.96. The van der Waals surface area contributed by atoms with E-state index < -0.39 is 0 Å². The smallest absolute Gasteiger partial charge is 0.125 e. The molecule has 2 aromatic rings. The molecule has 0 spiro atoms. The molecule has 0 saturated carbocycles. The molecule has 0 aliphatic rings. The van der Waals surface area contributed by atoms with Crippen molar-refractivity contribution in [3.63, 3.8) is 0 Å². The number of nitriles is 1. The minimum Gasteiger partial charge on any atom is -0.489 e. The topological polar surface area (TPSA) is 59.0 Å². The molecule has 2 rings (SSSR count). The summed E-state index contributed by atoms with van der Waals surface area (Å²) >= 11 is 6.09. The summed E-state index contributed by atoms with van der Waals surface area (Å²) in [6, 6.07) is 13.1. The number of halogens is 1. The van der Waals surface area contributed by atoms with Gasteiger partial charge in [-0.3, -0.25) is 0 Å². The van der Waals surface area contributed by atoms with Gasteiger partial charge in [0.05, 0.1) is 11.6 Å². The minimum atomic E-state index is 0.335. The lowest BCUT2D eigenvalue weighted by molar-refractivity contribution is 0.302. The van der Waals surface area contributed by atoms with Crippen LogP contribution in [0.1, 0.15) is 22.3 Å². The third-order valence-corrected chi connectivity index (χ3v) is 3.49. The minimum absolute atomic E-state index is 0.335. The maximum atomic E-state index is 8.85. The molecule has 3 nitrogen and oxygen atoms in total. The highest BCUT2D eigenvalue weighted by Gasteiger charge is 2.07. The van der Waals surface area contributed by atoms with Gasteiger partial charge in [-0.2, -0.15) is 5.26 Å². The summed E-state index contributed by atoms with van der Waals surface area (Å²) < 4.78 is 5.80. The SMILES string of the molecule is Cc1cc(C#N)ccc1COc1cccc(Cl)c1CN. The molecule has 2 aromatic carbocycles. The highest BCUT2D eigenvalue weighted by Crippen LogP contribution is 2.26. The zero-order valence-corrected chi connectivity index (χ0v) is 11.9. The van der Waals surface area contributed by atoms with Crippen molar-refractivity contribution in [3.05, 3.63) is 63.7 Å². The van der Waals surface area contributed by atoms with Crippen molar-refractivity contribution >= 4 is 11.6 Å². The molecule has 0 atom stereocenters. The molecule has 0 heterocycles. The maximum Gasteiger partial charge on any atom is 0.125 e. The predicted molar refractivity (Wildman–Crippen MR) is 79.6 cm³/mol. The van der Waals surface area contributed by atoms with Crippen LogP contribution in [0.15, 0.2) is 36.4 Å². The zero-order valence-electron chi connectivity index (χ0n) is 11.2. The van der Waals surface area contributed by atoms with Crippen LogP contribution < -0.4 is 10.5 Å². The van der Waals surface area contributed by atoms with Crippen LogP contribution in [0.2, 0.25) is 5.02 Å². The average molecular weight is 287 g/mol. The van der Waals surface area contributed by atoms with Crippen molar-refractivity contribution in [1.82, 2.24) is 0 Å². The molecule has 2 N–H and O–H groups in total. The molecule has 0 unspecified atom stereocenters. The highest BCUT2D eigenvalue weighted by atomic mass is 35.5. The van der Waals surface area contributed by atoms with E-state index in [1.807, 2.05) is 31.2 Å². The third kappa shape index (κ3) is 3.11. The Hall–Kier alpha value is -2.02. The molecule has 0 saturated heterocycles. The Morgan fingerprint density at radius 3 is 2.75 bits per heavy atom. The molecule has 0 radical (unpaired) electrons. The Morgan fingerprint density at radius 1 is 1.30 bits per heavy atom. The van der Waals surface area contributed by atoms with Crippen LogP contribution in [0, 0.1) is 18.3 Å². The highest BCUT2D eigenvalue weighted by molar-refractivity contribution is 6.31. The van der Waals surface area contributed by atoms with Crippen molar-refractivity contribution in [2.24, 2.45) is 5.73 Å². The van der Waals surface area contributed by atoms with Gasteiger partial charge in [0.25, 0.3) is 0 Å². The van der Waals surface area contributed by atoms with Crippen LogP contribution in [0.5, 0.6) is 5.75 Å². The Bertz CT molecular complexity index is 662. The molecule has 0 aliphatic carbocycles. The Labute approximate surface area is 123 Å². The largest absolute Gasteiger partial charge is 0.489 e. The Morgan fingerprint density at radius 2 is 2.10 bits per heavy atom. The monoisotopic (exact) mass is 286 g/mol. The van der Waals surface area contributed by atoms with Crippen LogP contribution in [0.25, 0.3) is 0 Å². The fourth-order valence-corrected chi connectivity index (χ4v) is 2.20. The van der Waals surface area contributed by atoms with E-state index in [0.717, 1.165) is 16.7 Å². The first-order valence-electron chi connectivity index (χ1n) is 6.25. The summed E-state index contributed by atoms with van der Waals surface area (Å²) in [7, 11) is 0. The number of nitrogens with zero attached hydrogens (tertiary/aromatic N) is 1. The number of ether oxygens (including phenoxy) is 1. The quantitative estimate of drug-likeness (QED) is 0.935. The van der Waals surface area contributed by atoms with Crippen LogP contribution in [-0.4, -0.2) is 0 Å². The lowest BCUT2D eigenvalue weighted by atomic mass is 10.1. The van der Waals surface area contributed by atoms with E-state index >= 15 is 0 Å². The second-order valence-corrected chi connectivity index (χ2v) is 4.87. The van der Waals surface area contributed by atoms with Gasteiger partial charge < -0.3 is 10.5 Å². The van der Waals surface area contributed by atoms with Crippen LogP contribution in [-0.2, 0) is 13.2 Å². The first-order valence-corrected chi connectivity index (χ1v) is 6.63. The van der Waals surface area contributed by atoms with Gasteiger partial charge in [0.1, 0.15) is 12.4 Å². The third-order valence-electron chi connectivity index (χ3n) is 3.13. The molecule has 0 fully saturated rings. The molecular weight excluding hydrogens is 272 g/mol. The number of hydrogen-bond acceptors (Lipinski definition) is 3. The van der Waals surface area contributed by atoms with E-state index in [2.05, 4.69) is 6.07 Å². The average Bonchev–Trinajstić information content (AvgIpc) is 2.46.